The fourth-order valence-electron chi connectivity index (χ4n) is 23.8. The van der Waals surface area contributed by atoms with Crippen molar-refractivity contribution in [1.29, 1.82) is 0 Å². The molecule has 0 bridgehead atoms. The fraction of sp³-hybridized carbons (Fsp3) is 0.204. The van der Waals surface area contributed by atoms with Crippen molar-refractivity contribution >= 4 is 34.1 Å². The van der Waals surface area contributed by atoms with Gasteiger partial charge in [-0.15, -0.1) is 0 Å². The second-order valence-electron chi connectivity index (χ2n) is 36.2. The minimum Gasteiger partial charge on any atom is -0.309 e. The van der Waals surface area contributed by atoms with Crippen molar-refractivity contribution in [2.75, 3.05) is 9.80 Å². The van der Waals surface area contributed by atoms with Gasteiger partial charge in [0.2, 0.25) is 0 Å². The molecule has 0 radical (unpaired) electrons. The molecule has 0 N–H and O–H groups in total. The lowest BCUT2D eigenvalue weighted by molar-refractivity contribution is 0.320. The number of hydrogen-bond donors (Lipinski definition) is 0. The summed E-state index contributed by atoms with van der Waals surface area (Å²) in [6.45, 7) is 24.2. The van der Waals surface area contributed by atoms with E-state index in [1.165, 1.54) is 195 Å². The molecule has 0 aliphatic heterocycles. The quantitative estimate of drug-likeness (QED) is 0.120. The summed E-state index contributed by atoms with van der Waals surface area (Å²) >= 11 is 0. The van der Waals surface area contributed by atoms with Gasteiger partial charge in [-0.1, -0.05) is 342 Å². The maximum Gasteiger partial charge on any atom is 0.0543 e. The molecule has 15 aromatic carbocycles. The summed E-state index contributed by atoms with van der Waals surface area (Å²) in [6, 6.07) is 125. The van der Waals surface area contributed by atoms with Crippen LogP contribution in [-0.2, 0) is 32.5 Å². The predicted molar refractivity (Wildman–Crippen MR) is 483 cm³/mol. The van der Waals surface area contributed by atoms with Crippen LogP contribution in [0.5, 0.6) is 0 Å². The summed E-state index contributed by atoms with van der Waals surface area (Å²) in [6.07, 6.45) is 6.37. The number of anilines is 6. The van der Waals surface area contributed by atoms with Crippen LogP contribution in [0.4, 0.5) is 34.1 Å². The van der Waals surface area contributed by atoms with Crippen molar-refractivity contribution in [1.82, 2.24) is 0 Å². The van der Waals surface area contributed by atoms with Crippen LogP contribution in [0.2, 0.25) is 0 Å². The summed E-state index contributed by atoms with van der Waals surface area (Å²) in [5, 5.41) is 0. The second-order valence-corrected chi connectivity index (χ2v) is 36.2. The molecule has 0 heterocycles. The van der Waals surface area contributed by atoms with Gasteiger partial charge in [0, 0.05) is 66.0 Å². The minimum absolute atomic E-state index is 0.105. The van der Waals surface area contributed by atoms with Gasteiger partial charge < -0.3 is 9.80 Å². The van der Waals surface area contributed by atoms with E-state index in [2.05, 4.69) is 401 Å². The molecule has 558 valence electrons. The molecule has 22 rings (SSSR count). The molecule has 1 fully saturated rings. The van der Waals surface area contributed by atoms with Crippen LogP contribution in [0.1, 0.15) is 186 Å². The Morgan fingerprint density at radius 1 is 0.243 bits per heavy atom. The molecule has 2 nitrogen and oxygen atoms in total. The molecule has 0 saturated heterocycles. The lowest BCUT2D eigenvalue weighted by Gasteiger charge is -2.40. The second kappa shape index (κ2) is 25.2. The Bertz CT molecular complexity index is 6610. The van der Waals surface area contributed by atoms with Gasteiger partial charge in [-0.2, -0.15) is 0 Å². The van der Waals surface area contributed by atoms with Gasteiger partial charge in [0.1, 0.15) is 0 Å². The highest BCUT2D eigenvalue weighted by atomic mass is 15.2. The van der Waals surface area contributed by atoms with Gasteiger partial charge in [-0.05, 0) is 238 Å². The third-order valence-electron chi connectivity index (χ3n) is 29.6. The number of para-hydroxylation sites is 3. The highest BCUT2D eigenvalue weighted by molar-refractivity contribution is 6.06. The van der Waals surface area contributed by atoms with Gasteiger partial charge in [-0.25, -0.2) is 0 Å². The van der Waals surface area contributed by atoms with Crippen molar-refractivity contribution < 1.29 is 0 Å². The molecule has 0 aromatic heterocycles. The van der Waals surface area contributed by atoms with Gasteiger partial charge in [0.25, 0.3) is 0 Å². The Kier molecular flexibility index (Phi) is 15.3. The highest BCUT2D eigenvalue weighted by Crippen LogP contribution is 2.65. The lowest BCUT2D eigenvalue weighted by Crippen LogP contribution is -2.30. The molecule has 7 aliphatic carbocycles. The Balaban J connectivity index is 0.635. The average molecular weight is 1480 g/mol. The van der Waals surface area contributed by atoms with E-state index in [-0.39, 0.29) is 32.5 Å². The average Bonchev–Trinajstić information content (AvgIpc) is 1.56. The van der Waals surface area contributed by atoms with E-state index in [0.29, 0.717) is 5.92 Å². The molecule has 0 unspecified atom stereocenters. The summed E-state index contributed by atoms with van der Waals surface area (Å²) in [5.74, 6) is 0.417. The molecule has 0 atom stereocenters. The fourth-order valence-corrected chi connectivity index (χ4v) is 23.8. The Hall–Kier alpha value is -12.1. The van der Waals surface area contributed by atoms with E-state index in [1.807, 2.05) is 0 Å². The predicted octanol–water partition coefficient (Wildman–Crippen LogP) is 30.6. The SMILES string of the molecule is CCC1(CC)c2ccccc2-c2c(N(c3ccccc3-c3ccc4c(c3)-c3ccc(C5CCC6(CC5)c5ccccc5-c5c(N(c7ccc8c(c7)C(C)(C)c7ccccc7-8)c7ccccc7-c7cccc8c7-c7ccccc7C8(C)C)cccc56)cc3C4(C)C)c3ccccc3-c3cccc4c3-c3ccccc3C4(C)C)cccc21. The first-order chi connectivity index (χ1) is 56.0. The number of hydrogen-bond acceptors (Lipinski definition) is 2. The summed E-state index contributed by atoms with van der Waals surface area (Å²) < 4.78 is 0. The van der Waals surface area contributed by atoms with Crippen LogP contribution < -0.4 is 9.80 Å². The molecular formula is C113H96N2. The Labute approximate surface area is 679 Å². The monoisotopic (exact) mass is 1480 g/mol. The van der Waals surface area contributed by atoms with Gasteiger partial charge >= 0.3 is 0 Å². The minimum atomic E-state index is -0.212. The van der Waals surface area contributed by atoms with Crippen LogP contribution >= 0.6 is 0 Å². The molecule has 1 spiro atoms. The lowest BCUT2D eigenvalue weighted by atomic mass is 9.64. The normalized spacial score (nSPS) is 17.9. The van der Waals surface area contributed by atoms with Crippen molar-refractivity contribution in [2.24, 2.45) is 0 Å². The van der Waals surface area contributed by atoms with Crippen molar-refractivity contribution in [3.05, 3.63) is 394 Å². The largest absolute Gasteiger partial charge is 0.309 e. The Morgan fingerprint density at radius 2 is 0.609 bits per heavy atom. The van der Waals surface area contributed by atoms with Crippen LogP contribution in [0.25, 0.3) is 100 Å². The summed E-state index contributed by atoms with van der Waals surface area (Å²) in [4.78, 5) is 5.31. The number of fused-ring (bicyclic) bond motifs is 20. The molecular weight excluding hydrogens is 1390 g/mol. The molecule has 7 aliphatic rings. The van der Waals surface area contributed by atoms with Crippen LogP contribution in [0, 0.1) is 0 Å². The molecule has 2 heteroatoms. The van der Waals surface area contributed by atoms with E-state index < -0.39 is 0 Å². The number of nitrogens with zero attached hydrogens (tertiary/aromatic N) is 2. The van der Waals surface area contributed by atoms with Gasteiger partial charge in [0.05, 0.1) is 28.4 Å². The molecule has 0 amide bonds. The van der Waals surface area contributed by atoms with E-state index in [4.69, 9.17) is 0 Å². The van der Waals surface area contributed by atoms with E-state index >= 15 is 0 Å². The smallest absolute Gasteiger partial charge is 0.0543 e. The number of benzene rings is 15. The van der Waals surface area contributed by atoms with Crippen LogP contribution in [-0.4, -0.2) is 0 Å². The van der Waals surface area contributed by atoms with Crippen molar-refractivity contribution in [2.45, 2.75) is 146 Å². The zero-order valence-corrected chi connectivity index (χ0v) is 67.8. The molecule has 15 aromatic rings. The third kappa shape index (κ3) is 9.63. The first-order valence-electron chi connectivity index (χ1n) is 42.3. The van der Waals surface area contributed by atoms with Crippen LogP contribution in [0.15, 0.2) is 322 Å². The van der Waals surface area contributed by atoms with Crippen molar-refractivity contribution in [3.8, 4) is 100 Å². The summed E-state index contributed by atoms with van der Waals surface area (Å²) in [7, 11) is 0. The highest BCUT2D eigenvalue weighted by Gasteiger charge is 2.50. The van der Waals surface area contributed by atoms with E-state index in [9.17, 15) is 0 Å². The zero-order chi connectivity index (χ0) is 77.8. The maximum atomic E-state index is 2.66. The van der Waals surface area contributed by atoms with Gasteiger partial charge in [-0.3, -0.25) is 0 Å². The van der Waals surface area contributed by atoms with Gasteiger partial charge in [0.15, 0.2) is 0 Å². The first-order valence-corrected chi connectivity index (χ1v) is 42.3. The topological polar surface area (TPSA) is 6.48 Å². The molecule has 1 saturated carbocycles. The van der Waals surface area contributed by atoms with E-state index in [0.717, 1.165) is 49.9 Å². The van der Waals surface area contributed by atoms with Crippen LogP contribution in [0.3, 0.4) is 0 Å². The first kappa shape index (κ1) is 69.6. The standard InChI is InChI=1S/C113H96N2/c1-11-112(12-2)91-46-24-16-39-84(91)106-95(112)50-31-56-103(106)115(101-54-28-20-36-79(101)81-42-30-49-94-105(81)83-38-15-23-45-89(83)109(94,5)6)99-52-26-18-33-74(99)72-58-62-90-86(67-72)77-60-57-71(68-97(77)111(90,9)10)70-63-65-113(66-64-70)92-47-25-17-40-85(92)107-96(113)51-32-55-102(107)114(73-59-61-76-75-34-13-21-43-87(75)110(7,8)98(76)69-73)100-53-27-19-35-78(100)80-41-29-48-93-104(80)82-37-14-22-44-88(82)108(93,3)4/h13-62,67-70H,11-12,63-66H2,1-10H3. The van der Waals surface area contributed by atoms with E-state index in [1.54, 1.807) is 0 Å². The number of rotatable bonds is 12. The zero-order valence-electron chi connectivity index (χ0n) is 67.8. The summed E-state index contributed by atoms with van der Waals surface area (Å²) in [5.41, 5.74) is 48.1. The third-order valence-corrected chi connectivity index (χ3v) is 29.6. The maximum absolute atomic E-state index is 2.66. The van der Waals surface area contributed by atoms with Crippen molar-refractivity contribution in [3.63, 3.8) is 0 Å². The molecule has 115 heavy (non-hydrogen) atoms. The Morgan fingerprint density at radius 3 is 1.19 bits per heavy atom.